The van der Waals surface area contributed by atoms with Crippen LogP contribution < -0.4 is 10.6 Å². The van der Waals surface area contributed by atoms with E-state index in [0.29, 0.717) is 5.69 Å². The van der Waals surface area contributed by atoms with Gasteiger partial charge in [0.05, 0.1) is 5.56 Å². The summed E-state index contributed by atoms with van der Waals surface area (Å²) in [5, 5.41) is 8.09. The van der Waals surface area contributed by atoms with E-state index in [2.05, 4.69) is 30.7 Å². The minimum absolute atomic E-state index is 0.00480. The average molecular weight is 427 g/mol. The Hall–Kier alpha value is -2.99. The van der Waals surface area contributed by atoms with E-state index >= 15 is 0 Å². The number of aryl methyl sites for hydroxylation is 1. The topological polar surface area (TPSA) is 145 Å². The second kappa shape index (κ2) is 8.35. The third-order valence-electron chi connectivity index (χ3n) is 3.33. The lowest BCUT2D eigenvalue weighted by Gasteiger charge is -2.15. The van der Waals surface area contributed by atoms with Crippen LogP contribution in [0.5, 0.6) is 0 Å². The molecule has 2 aromatic rings. The highest BCUT2D eigenvalue weighted by molar-refractivity contribution is 7.91. The van der Waals surface area contributed by atoms with Crippen molar-refractivity contribution in [2.45, 2.75) is 11.9 Å². The Morgan fingerprint density at radius 1 is 1.32 bits per heavy atom. The number of carbonyl (C=O) groups excluding carboxylic acids is 1. The fourth-order valence-electron chi connectivity index (χ4n) is 2.20. The summed E-state index contributed by atoms with van der Waals surface area (Å²) < 4.78 is 30.6. The highest BCUT2D eigenvalue weighted by Crippen LogP contribution is 2.17. The maximum Gasteiger partial charge on any atom is 0.322 e. The predicted octanol–water partition coefficient (Wildman–Crippen LogP) is 1.09. The molecule has 2 aromatic heterocycles. The summed E-state index contributed by atoms with van der Waals surface area (Å²) in [5.74, 6) is -0.776. The van der Waals surface area contributed by atoms with E-state index in [4.69, 9.17) is 21.2 Å². The van der Waals surface area contributed by atoms with Crippen LogP contribution >= 0.6 is 11.6 Å². The lowest BCUT2D eigenvalue weighted by molar-refractivity contribution is 0.0653. The average Bonchev–Trinajstić information content (AvgIpc) is 2.66. The van der Waals surface area contributed by atoms with E-state index in [1.54, 1.807) is 6.92 Å². The minimum atomic E-state index is -4.01. The fraction of sp³-hybridized carbons (Fsp3) is 0.267. The SMILES string of the molecule is Cc1cc(Cl)nc(NC(=O)NCS(=O)(=O)c2ncccc2C2=NOCCO2)n1. The van der Waals surface area contributed by atoms with Gasteiger partial charge in [-0.15, -0.1) is 0 Å². The zero-order valence-electron chi connectivity index (χ0n) is 14.5. The number of sulfone groups is 1. The zero-order chi connectivity index (χ0) is 20.1. The number of pyridine rings is 1. The van der Waals surface area contributed by atoms with Crippen molar-refractivity contribution in [1.29, 1.82) is 0 Å². The van der Waals surface area contributed by atoms with Crippen molar-refractivity contribution < 1.29 is 22.8 Å². The number of rotatable bonds is 5. The third-order valence-corrected chi connectivity index (χ3v) is 4.96. The molecule has 1 aliphatic heterocycles. The minimum Gasteiger partial charge on any atom is -0.471 e. The van der Waals surface area contributed by atoms with Gasteiger partial charge in [0.25, 0.3) is 5.90 Å². The van der Waals surface area contributed by atoms with Gasteiger partial charge in [-0.05, 0) is 30.3 Å². The normalized spacial score (nSPS) is 13.7. The van der Waals surface area contributed by atoms with Crippen LogP contribution in [-0.4, -0.2) is 54.4 Å². The molecule has 11 nitrogen and oxygen atoms in total. The first-order valence-electron chi connectivity index (χ1n) is 7.92. The number of aromatic nitrogens is 3. The van der Waals surface area contributed by atoms with Gasteiger partial charge in [-0.25, -0.2) is 28.2 Å². The summed E-state index contributed by atoms with van der Waals surface area (Å²) in [5.41, 5.74) is 0.676. The van der Waals surface area contributed by atoms with Crippen LogP contribution in [-0.2, 0) is 19.4 Å². The number of ether oxygens (including phenoxy) is 1. The van der Waals surface area contributed by atoms with Gasteiger partial charge >= 0.3 is 6.03 Å². The van der Waals surface area contributed by atoms with Crippen LogP contribution in [0.2, 0.25) is 5.15 Å². The first-order valence-corrected chi connectivity index (χ1v) is 9.95. The standard InChI is InChI=1S/C15H15ClN6O5S/c1-9-7-11(16)20-14(19-9)21-15(23)18-8-28(24,25)13-10(3-2-4-17-13)12-22-27-6-5-26-12/h2-4,7H,5-6,8H2,1H3,(H2,18,19,20,21,23). The van der Waals surface area contributed by atoms with Crippen LogP contribution in [0.3, 0.4) is 0 Å². The van der Waals surface area contributed by atoms with Crippen LogP contribution in [0.15, 0.2) is 34.6 Å². The van der Waals surface area contributed by atoms with Crippen molar-refractivity contribution >= 4 is 39.3 Å². The Morgan fingerprint density at radius 2 is 2.14 bits per heavy atom. The highest BCUT2D eigenvalue weighted by Gasteiger charge is 2.26. The van der Waals surface area contributed by atoms with Crippen LogP contribution in [0.4, 0.5) is 10.7 Å². The van der Waals surface area contributed by atoms with Gasteiger partial charge in [0.2, 0.25) is 15.8 Å². The number of nitrogens with one attached hydrogen (secondary N) is 2. The van der Waals surface area contributed by atoms with Crippen molar-refractivity contribution in [1.82, 2.24) is 20.3 Å². The molecular formula is C15H15ClN6O5S. The molecule has 0 saturated carbocycles. The number of carbonyl (C=O) groups is 1. The van der Waals surface area contributed by atoms with Gasteiger partial charge < -0.3 is 14.9 Å². The van der Waals surface area contributed by atoms with E-state index in [1.165, 1.54) is 24.4 Å². The molecule has 0 fully saturated rings. The van der Waals surface area contributed by atoms with E-state index in [-0.39, 0.29) is 40.8 Å². The van der Waals surface area contributed by atoms with Gasteiger partial charge in [0.1, 0.15) is 17.6 Å². The van der Waals surface area contributed by atoms with Gasteiger partial charge in [0.15, 0.2) is 11.6 Å². The Morgan fingerprint density at radius 3 is 2.86 bits per heavy atom. The molecule has 0 saturated heterocycles. The molecule has 0 unspecified atom stereocenters. The van der Waals surface area contributed by atoms with Crippen molar-refractivity contribution in [2.75, 3.05) is 24.4 Å². The number of halogens is 1. The largest absolute Gasteiger partial charge is 0.471 e. The third kappa shape index (κ3) is 4.84. The van der Waals surface area contributed by atoms with Crippen molar-refractivity contribution in [3.8, 4) is 0 Å². The summed E-state index contributed by atoms with van der Waals surface area (Å²) in [4.78, 5) is 28.6. The zero-order valence-corrected chi connectivity index (χ0v) is 16.1. The summed E-state index contributed by atoms with van der Waals surface area (Å²) in [6, 6.07) is 3.71. The molecule has 0 atom stereocenters. The number of amides is 2. The molecule has 0 radical (unpaired) electrons. The molecule has 3 rings (SSSR count). The summed E-state index contributed by atoms with van der Waals surface area (Å²) in [6.45, 7) is 2.16. The Bertz CT molecular complexity index is 1010. The molecule has 13 heteroatoms. The molecule has 0 aromatic carbocycles. The van der Waals surface area contributed by atoms with Gasteiger partial charge in [0, 0.05) is 11.9 Å². The molecule has 28 heavy (non-hydrogen) atoms. The van der Waals surface area contributed by atoms with E-state index < -0.39 is 21.7 Å². The van der Waals surface area contributed by atoms with E-state index in [9.17, 15) is 13.2 Å². The molecule has 3 heterocycles. The molecule has 0 bridgehead atoms. The van der Waals surface area contributed by atoms with Crippen LogP contribution in [0.25, 0.3) is 0 Å². The number of nitrogens with zero attached hydrogens (tertiary/aromatic N) is 4. The lowest BCUT2D eigenvalue weighted by Crippen LogP contribution is -2.34. The fourth-order valence-corrected chi connectivity index (χ4v) is 3.60. The monoisotopic (exact) mass is 426 g/mol. The van der Waals surface area contributed by atoms with Crippen molar-refractivity contribution in [2.24, 2.45) is 5.16 Å². The molecule has 0 spiro atoms. The van der Waals surface area contributed by atoms with Crippen molar-refractivity contribution in [3.63, 3.8) is 0 Å². The molecule has 0 aliphatic carbocycles. The lowest BCUT2D eigenvalue weighted by atomic mass is 10.3. The Balaban J connectivity index is 1.72. The maximum atomic E-state index is 12.7. The first-order chi connectivity index (χ1) is 13.3. The molecule has 2 amide bonds. The van der Waals surface area contributed by atoms with Gasteiger partial charge in [-0.1, -0.05) is 11.6 Å². The molecular weight excluding hydrogens is 412 g/mol. The van der Waals surface area contributed by atoms with E-state index in [0.717, 1.165) is 0 Å². The summed E-state index contributed by atoms with van der Waals surface area (Å²) in [6.07, 6.45) is 1.31. The number of anilines is 1. The van der Waals surface area contributed by atoms with Crippen molar-refractivity contribution in [3.05, 3.63) is 40.8 Å². The molecule has 148 valence electrons. The molecule has 1 aliphatic rings. The molecule has 2 N–H and O–H groups in total. The van der Waals surface area contributed by atoms with Crippen LogP contribution in [0, 0.1) is 6.92 Å². The second-order valence-electron chi connectivity index (χ2n) is 5.48. The first kappa shape index (κ1) is 19.8. The number of oxime groups is 1. The summed E-state index contributed by atoms with van der Waals surface area (Å²) in [7, 11) is -4.01. The number of hydrogen-bond acceptors (Lipinski definition) is 9. The Labute approximate surface area is 165 Å². The number of hydrogen-bond donors (Lipinski definition) is 2. The smallest absolute Gasteiger partial charge is 0.322 e. The predicted molar refractivity (Wildman–Crippen MR) is 98.7 cm³/mol. The Kier molecular flexibility index (Phi) is 5.90. The second-order valence-corrected chi connectivity index (χ2v) is 7.77. The quantitative estimate of drug-likeness (QED) is 0.676. The maximum absolute atomic E-state index is 12.7. The summed E-state index contributed by atoms with van der Waals surface area (Å²) >= 11 is 5.79. The van der Waals surface area contributed by atoms with Gasteiger partial charge in [-0.3, -0.25) is 5.32 Å². The number of urea groups is 1. The highest BCUT2D eigenvalue weighted by atomic mass is 35.5. The van der Waals surface area contributed by atoms with E-state index in [1.807, 2.05) is 0 Å². The van der Waals surface area contributed by atoms with Crippen LogP contribution in [0.1, 0.15) is 11.3 Å². The van der Waals surface area contributed by atoms with Gasteiger partial charge in [-0.2, -0.15) is 0 Å².